The second-order valence-corrected chi connectivity index (χ2v) is 3.75. The van der Waals surface area contributed by atoms with Gasteiger partial charge in [-0.1, -0.05) is 13.8 Å². The largest absolute Gasteiger partial charge is 0.331 e. The van der Waals surface area contributed by atoms with Crippen LogP contribution in [0.5, 0.6) is 0 Å². The highest BCUT2D eigenvalue weighted by molar-refractivity contribution is 5.74. The van der Waals surface area contributed by atoms with Crippen molar-refractivity contribution in [3.8, 4) is 0 Å². The average molecular weight is 191 g/mol. The third kappa shape index (κ3) is 1.23. The van der Waals surface area contributed by atoms with E-state index < -0.39 is 0 Å². The number of nitrogens with zero attached hydrogens (tertiary/aromatic N) is 2. The number of rotatable bonds is 1. The number of hydrogen-bond acceptors (Lipinski definition) is 2. The fraction of sp³-hybridized carbons (Fsp3) is 0.400. The smallest absolute Gasteiger partial charge is 0.250 e. The lowest BCUT2D eigenvalue weighted by atomic mass is 10.2. The second kappa shape index (κ2) is 2.97. The Hall–Kier alpha value is -1.58. The highest BCUT2D eigenvalue weighted by Crippen LogP contribution is 2.18. The van der Waals surface area contributed by atoms with Crippen LogP contribution in [-0.2, 0) is 7.05 Å². The molecule has 0 aliphatic carbocycles. The van der Waals surface area contributed by atoms with Crippen LogP contribution in [0, 0.1) is 0 Å². The molecule has 4 heteroatoms. The number of nitrogens with one attached hydrogen (secondary N) is 1. The van der Waals surface area contributed by atoms with Gasteiger partial charge in [0.05, 0.1) is 5.52 Å². The zero-order valence-electron chi connectivity index (χ0n) is 8.53. The molecule has 0 saturated carbocycles. The van der Waals surface area contributed by atoms with Gasteiger partial charge in [0.25, 0.3) is 0 Å². The number of hydrogen-bond donors (Lipinski definition) is 1. The first-order valence-corrected chi connectivity index (χ1v) is 4.64. The van der Waals surface area contributed by atoms with E-state index in [9.17, 15) is 4.79 Å². The van der Waals surface area contributed by atoms with Crippen molar-refractivity contribution < 1.29 is 0 Å². The van der Waals surface area contributed by atoms with Gasteiger partial charge in [-0.25, -0.2) is 4.98 Å². The van der Waals surface area contributed by atoms with Gasteiger partial charge in [-0.15, -0.1) is 0 Å². The van der Waals surface area contributed by atoms with Crippen LogP contribution >= 0.6 is 0 Å². The summed E-state index contributed by atoms with van der Waals surface area (Å²) >= 11 is 0. The summed E-state index contributed by atoms with van der Waals surface area (Å²) < 4.78 is 1.97. The summed E-state index contributed by atoms with van der Waals surface area (Å²) in [4.78, 5) is 18.2. The van der Waals surface area contributed by atoms with Crippen LogP contribution in [0.4, 0.5) is 0 Å². The molecular formula is C10H13N3O. The lowest BCUT2D eigenvalue weighted by Crippen LogP contribution is -2.04. The van der Waals surface area contributed by atoms with Crippen molar-refractivity contribution in [2.45, 2.75) is 19.8 Å². The van der Waals surface area contributed by atoms with Crippen LogP contribution in [0.15, 0.2) is 17.1 Å². The first-order chi connectivity index (χ1) is 6.59. The van der Waals surface area contributed by atoms with Gasteiger partial charge < -0.3 is 9.55 Å². The predicted molar refractivity (Wildman–Crippen MR) is 55.4 cm³/mol. The fourth-order valence-electron chi connectivity index (χ4n) is 1.65. The van der Waals surface area contributed by atoms with Crippen LogP contribution in [0.3, 0.4) is 0 Å². The van der Waals surface area contributed by atoms with E-state index in [0.717, 1.165) is 16.9 Å². The van der Waals surface area contributed by atoms with Crippen LogP contribution < -0.4 is 5.56 Å². The minimum atomic E-state index is -0.0872. The average Bonchev–Trinajstić information content (AvgIpc) is 2.44. The van der Waals surface area contributed by atoms with Gasteiger partial charge in [0, 0.05) is 25.2 Å². The summed E-state index contributed by atoms with van der Waals surface area (Å²) in [7, 11) is 1.93. The van der Waals surface area contributed by atoms with Crippen molar-refractivity contribution in [1.82, 2.24) is 14.5 Å². The van der Waals surface area contributed by atoms with Crippen LogP contribution in [-0.4, -0.2) is 14.5 Å². The van der Waals surface area contributed by atoms with Gasteiger partial charge in [0.2, 0.25) is 5.56 Å². The van der Waals surface area contributed by atoms with Gasteiger partial charge in [0.1, 0.15) is 11.3 Å². The summed E-state index contributed by atoms with van der Waals surface area (Å²) in [6.07, 6.45) is 1.66. The first kappa shape index (κ1) is 8.99. The van der Waals surface area contributed by atoms with E-state index in [1.165, 1.54) is 0 Å². The van der Waals surface area contributed by atoms with E-state index >= 15 is 0 Å². The fourth-order valence-corrected chi connectivity index (χ4v) is 1.65. The number of aromatic nitrogens is 3. The van der Waals surface area contributed by atoms with Crippen LogP contribution in [0.25, 0.3) is 11.0 Å². The summed E-state index contributed by atoms with van der Waals surface area (Å²) in [5, 5.41) is 0. The molecule has 0 aromatic carbocycles. The molecule has 0 spiro atoms. The van der Waals surface area contributed by atoms with Gasteiger partial charge >= 0.3 is 0 Å². The summed E-state index contributed by atoms with van der Waals surface area (Å²) in [6, 6.07) is 1.58. The Morgan fingerprint density at radius 1 is 1.50 bits per heavy atom. The monoisotopic (exact) mass is 191 g/mol. The van der Waals surface area contributed by atoms with Crippen molar-refractivity contribution in [3.63, 3.8) is 0 Å². The number of H-pyrrole nitrogens is 1. The molecule has 2 aromatic rings. The first-order valence-electron chi connectivity index (χ1n) is 4.64. The molecule has 2 rings (SSSR count). The van der Waals surface area contributed by atoms with E-state index in [1.54, 1.807) is 12.3 Å². The van der Waals surface area contributed by atoms with Crippen molar-refractivity contribution >= 4 is 11.0 Å². The maximum absolute atomic E-state index is 11.1. The van der Waals surface area contributed by atoms with Crippen molar-refractivity contribution in [2.75, 3.05) is 0 Å². The van der Waals surface area contributed by atoms with Gasteiger partial charge in [-0.3, -0.25) is 4.79 Å². The summed E-state index contributed by atoms with van der Waals surface area (Å²) in [5.41, 5.74) is 1.64. The molecule has 0 unspecified atom stereocenters. The molecule has 1 N–H and O–H groups in total. The molecule has 0 fully saturated rings. The minimum Gasteiger partial charge on any atom is -0.331 e. The van der Waals surface area contributed by atoms with Crippen molar-refractivity contribution in [3.05, 3.63) is 28.4 Å². The molecule has 0 radical (unpaired) electrons. The topological polar surface area (TPSA) is 50.7 Å². The molecule has 0 saturated heterocycles. The Labute approximate surface area is 81.6 Å². The number of pyridine rings is 1. The van der Waals surface area contributed by atoms with Gasteiger partial charge in [-0.05, 0) is 0 Å². The lowest BCUT2D eigenvalue weighted by Gasteiger charge is -2.03. The Bertz CT molecular complexity index is 522. The highest BCUT2D eigenvalue weighted by atomic mass is 16.1. The molecule has 2 heterocycles. The number of imidazole rings is 1. The molecule has 0 amide bonds. The van der Waals surface area contributed by atoms with Gasteiger partial charge in [-0.2, -0.15) is 0 Å². The Morgan fingerprint density at radius 2 is 2.21 bits per heavy atom. The SMILES string of the molecule is CC(C)c1nc2c[nH]c(=O)cc2n1C. The summed E-state index contributed by atoms with van der Waals surface area (Å²) in [6.45, 7) is 4.17. The maximum atomic E-state index is 11.1. The van der Waals surface area contributed by atoms with E-state index in [2.05, 4.69) is 23.8 Å². The summed E-state index contributed by atoms with van der Waals surface area (Å²) in [5.74, 6) is 1.36. The number of fused-ring (bicyclic) bond motifs is 1. The molecule has 0 aliphatic heterocycles. The van der Waals surface area contributed by atoms with E-state index in [0.29, 0.717) is 5.92 Å². The van der Waals surface area contributed by atoms with Crippen molar-refractivity contribution in [1.29, 1.82) is 0 Å². The standard InChI is InChI=1S/C10H13N3O/c1-6(2)10-12-7-5-11-9(14)4-8(7)13(10)3/h4-6H,1-3H3,(H,11,14). The zero-order valence-corrected chi connectivity index (χ0v) is 8.53. The van der Waals surface area contributed by atoms with E-state index in [4.69, 9.17) is 0 Å². The third-order valence-corrected chi connectivity index (χ3v) is 2.34. The Kier molecular flexibility index (Phi) is 1.91. The number of aryl methyl sites for hydroxylation is 1. The molecule has 4 nitrogen and oxygen atoms in total. The predicted octanol–water partition coefficient (Wildman–Crippen LogP) is 1.39. The highest BCUT2D eigenvalue weighted by Gasteiger charge is 2.10. The van der Waals surface area contributed by atoms with Gasteiger partial charge in [0.15, 0.2) is 0 Å². The molecule has 0 aliphatic rings. The molecule has 74 valence electrons. The lowest BCUT2D eigenvalue weighted by molar-refractivity contribution is 0.722. The quantitative estimate of drug-likeness (QED) is 0.740. The second-order valence-electron chi connectivity index (χ2n) is 3.75. The molecule has 0 atom stereocenters. The zero-order chi connectivity index (χ0) is 10.3. The number of aromatic amines is 1. The van der Waals surface area contributed by atoms with Crippen LogP contribution in [0.1, 0.15) is 25.6 Å². The molecule has 2 aromatic heterocycles. The van der Waals surface area contributed by atoms with E-state index in [-0.39, 0.29) is 5.56 Å². The molecule has 0 bridgehead atoms. The normalized spacial score (nSPS) is 11.4. The third-order valence-electron chi connectivity index (χ3n) is 2.34. The maximum Gasteiger partial charge on any atom is 0.250 e. The van der Waals surface area contributed by atoms with Crippen molar-refractivity contribution in [2.24, 2.45) is 7.05 Å². The Morgan fingerprint density at radius 3 is 2.86 bits per heavy atom. The van der Waals surface area contributed by atoms with E-state index in [1.807, 2.05) is 11.6 Å². The minimum absolute atomic E-state index is 0.0872. The molecular weight excluding hydrogens is 178 g/mol. The van der Waals surface area contributed by atoms with Crippen LogP contribution in [0.2, 0.25) is 0 Å². The molecule has 14 heavy (non-hydrogen) atoms. The Balaban J connectivity index is 2.80.